The average Bonchev–Trinajstić information content (AvgIpc) is 3.10. The van der Waals surface area contributed by atoms with Gasteiger partial charge in [-0.1, -0.05) is 12.1 Å². The summed E-state index contributed by atoms with van der Waals surface area (Å²) in [5.41, 5.74) is 1.36. The van der Waals surface area contributed by atoms with Gasteiger partial charge in [-0.3, -0.25) is 9.88 Å². The molecule has 124 valence electrons. The summed E-state index contributed by atoms with van der Waals surface area (Å²) in [6.45, 7) is 9.56. The summed E-state index contributed by atoms with van der Waals surface area (Å²) in [5, 5.41) is 4.00. The van der Waals surface area contributed by atoms with E-state index in [1.165, 1.54) is 5.56 Å². The predicted molar refractivity (Wildman–Crippen MR) is 88.0 cm³/mol. The van der Waals surface area contributed by atoms with Gasteiger partial charge in [-0.2, -0.15) is 4.98 Å². The Morgan fingerprint density at radius 2 is 1.91 bits per heavy atom. The highest BCUT2D eigenvalue weighted by Gasteiger charge is 2.25. The Morgan fingerprint density at radius 3 is 2.57 bits per heavy atom. The summed E-state index contributed by atoms with van der Waals surface area (Å²) in [6.07, 6.45) is 5.63. The van der Waals surface area contributed by atoms with E-state index in [9.17, 15) is 0 Å². The van der Waals surface area contributed by atoms with Gasteiger partial charge in [0.1, 0.15) is 0 Å². The van der Waals surface area contributed by atoms with Crippen LogP contribution in [-0.4, -0.2) is 57.6 Å². The highest BCUT2D eigenvalue weighted by Crippen LogP contribution is 2.20. The maximum atomic E-state index is 5.38. The molecule has 0 aliphatic carbocycles. The molecule has 2 aromatic rings. The van der Waals surface area contributed by atoms with Crippen LogP contribution in [0.3, 0.4) is 0 Å². The van der Waals surface area contributed by atoms with Gasteiger partial charge >= 0.3 is 0 Å². The van der Waals surface area contributed by atoms with Crippen LogP contribution in [0.1, 0.15) is 37.2 Å². The van der Waals surface area contributed by atoms with Gasteiger partial charge in [0.2, 0.25) is 5.89 Å². The lowest BCUT2D eigenvalue weighted by Gasteiger charge is -2.36. The fourth-order valence-electron chi connectivity index (χ4n) is 2.95. The van der Waals surface area contributed by atoms with Gasteiger partial charge in [-0.25, -0.2) is 0 Å². The smallest absolute Gasteiger partial charge is 0.243 e. The Labute approximate surface area is 137 Å². The van der Waals surface area contributed by atoms with Crippen LogP contribution < -0.4 is 0 Å². The van der Waals surface area contributed by atoms with Crippen LogP contribution in [0.4, 0.5) is 0 Å². The fraction of sp³-hybridized carbons (Fsp3) is 0.588. The van der Waals surface area contributed by atoms with Crippen molar-refractivity contribution in [1.29, 1.82) is 0 Å². The van der Waals surface area contributed by atoms with Crippen LogP contribution in [0, 0.1) is 0 Å². The number of nitrogens with zero attached hydrogens (tertiary/aromatic N) is 5. The van der Waals surface area contributed by atoms with Gasteiger partial charge in [-0.05, 0) is 31.0 Å². The van der Waals surface area contributed by atoms with Crippen LogP contribution in [0.5, 0.6) is 0 Å². The SMILES string of the molecule is CCc1noc([C@H](C)N2CCN(CCc3ccncc3)CC2)n1. The molecule has 6 heteroatoms. The summed E-state index contributed by atoms with van der Waals surface area (Å²) >= 11 is 0. The van der Waals surface area contributed by atoms with Gasteiger partial charge in [0.25, 0.3) is 0 Å². The monoisotopic (exact) mass is 315 g/mol. The Kier molecular flexibility index (Phi) is 5.35. The maximum absolute atomic E-state index is 5.38. The van der Waals surface area contributed by atoms with E-state index in [1.54, 1.807) is 0 Å². The summed E-state index contributed by atoms with van der Waals surface area (Å²) in [6, 6.07) is 4.39. The molecule has 0 bridgehead atoms. The average molecular weight is 315 g/mol. The molecule has 1 fully saturated rings. The van der Waals surface area contributed by atoms with Gasteiger partial charge in [0, 0.05) is 51.5 Å². The zero-order valence-corrected chi connectivity index (χ0v) is 14.0. The molecule has 0 unspecified atom stereocenters. The van der Waals surface area contributed by atoms with Crippen molar-refractivity contribution in [1.82, 2.24) is 24.9 Å². The minimum atomic E-state index is 0.199. The molecule has 0 aromatic carbocycles. The zero-order chi connectivity index (χ0) is 16.1. The van der Waals surface area contributed by atoms with E-state index in [0.29, 0.717) is 0 Å². The van der Waals surface area contributed by atoms with Crippen LogP contribution >= 0.6 is 0 Å². The first-order valence-corrected chi connectivity index (χ1v) is 8.44. The largest absolute Gasteiger partial charge is 0.338 e. The molecule has 0 amide bonds. The number of pyridine rings is 1. The first-order chi connectivity index (χ1) is 11.3. The van der Waals surface area contributed by atoms with Gasteiger partial charge in [-0.15, -0.1) is 0 Å². The molecule has 1 atom stereocenters. The summed E-state index contributed by atoms with van der Waals surface area (Å²) in [5.74, 6) is 1.54. The first kappa shape index (κ1) is 16.1. The van der Waals surface area contributed by atoms with Gasteiger partial charge < -0.3 is 9.42 Å². The van der Waals surface area contributed by atoms with E-state index in [1.807, 2.05) is 19.3 Å². The second kappa shape index (κ2) is 7.66. The lowest BCUT2D eigenvalue weighted by molar-refractivity contribution is 0.0890. The van der Waals surface area contributed by atoms with E-state index in [-0.39, 0.29) is 6.04 Å². The third kappa shape index (κ3) is 4.14. The van der Waals surface area contributed by atoms with Crippen LogP contribution in [0.15, 0.2) is 29.0 Å². The zero-order valence-electron chi connectivity index (χ0n) is 14.0. The van der Waals surface area contributed by atoms with E-state index in [2.05, 4.69) is 44.0 Å². The first-order valence-electron chi connectivity index (χ1n) is 8.44. The fourth-order valence-corrected chi connectivity index (χ4v) is 2.95. The molecule has 3 heterocycles. The van der Waals surface area contributed by atoms with E-state index in [0.717, 1.165) is 57.3 Å². The molecular weight excluding hydrogens is 290 g/mol. The summed E-state index contributed by atoms with van der Waals surface area (Å²) in [4.78, 5) is 13.5. The van der Waals surface area contributed by atoms with Crippen molar-refractivity contribution in [2.45, 2.75) is 32.7 Å². The second-order valence-electron chi connectivity index (χ2n) is 6.06. The number of hydrogen-bond donors (Lipinski definition) is 0. The van der Waals surface area contributed by atoms with Crippen LogP contribution in [-0.2, 0) is 12.8 Å². The molecule has 0 N–H and O–H groups in total. The molecule has 2 aromatic heterocycles. The number of hydrogen-bond acceptors (Lipinski definition) is 6. The lowest BCUT2D eigenvalue weighted by Crippen LogP contribution is -2.47. The van der Waals surface area contributed by atoms with Crippen molar-refractivity contribution in [3.05, 3.63) is 41.8 Å². The van der Waals surface area contributed by atoms with Crippen molar-refractivity contribution in [2.75, 3.05) is 32.7 Å². The molecule has 0 radical (unpaired) electrons. The number of piperazine rings is 1. The van der Waals surface area contributed by atoms with E-state index < -0.39 is 0 Å². The quantitative estimate of drug-likeness (QED) is 0.812. The van der Waals surface area contributed by atoms with Crippen molar-refractivity contribution in [2.24, 2.45) is 0 Å². The second-order valence-corrected chi connectivity index (χ2v) is 6.06. The number of aromatic nitrogens is 3. The minimum Gasteiger partial charge on any atom is -0.338 e. The Morgan fingerprint density at radius 1 is 1.17 bits per heavy atom. The van der Waals surface area contributed by atoms with Crippen molar-refractivity contribution in [3.63, 3.8) is 0 Å². The van der Waals surface area contributed by atoms with Crippen molar-refractivity contribution < 1.29 is 4.52 Å². The number of rotatable bonds is 6. The third-order valence-electron chi connectivity index (χ3n) is 4.58. The molecule has 1 saturated heterocycles. The topological polar surface area (TPSA) is 58.3 Å². The van der Waals surface area contributed by atoms with Crippen molar-refractivity contribution >= 4 is 0 Å². The molecule has 1 aliphatic rings. The molecule has 23 heavy (non-hydrogen) atoms. The summed E-state index contributed by atoms with van der Waals surface area (Å²) < 4.78 is 5.38. The molecule has 3 rings (SSSR count). The Balaban J connectivity index is 1.46. The molecule has 1 aliphatic heterocycles. The van der Waals surface area contributed by atoms with Crippen molar-refractivity contribution in [3.8, 4) is 0 Å². The third-order valence-corrected chi connectivity index (χ3v) is 4.58. The molecule has 0 spiro atoms. The lowest BCUT2D eigenvalue weighted by atomic mass is 10.1. The summed E-state index contributed by atoms with van der Waals surface area (Å²) in [7, 11) is 0. The number of aryl methyl sites for hydroxylation is 1. The standard InChI is InChI=1S/C17H25N5O/c1-3-16-19-17(23-20-16)14(2)22-12-10-21(11-13-22)9-6-15-4-7-18-8-5-15/h4-5,7-8,14H,3,6,9-13H2,1-2H3/t14-/m0/s1. The molecule has 0 saturated carbocycles. The van der Waals surface area contributed by atoms with Gasteiger partial charge in [0.15, 0.2) is 5.82 Å². The Bertz CT molecular complexity index is 592. The van der Waals surface area contributed by atoms with E-state index >= 15 is 0 Å². The maximum Gasteiger partial charge on any atom is 0.243 e. The van der Waals surface area contributed by atoms with Crippen LogP contribution in [0.25, 0.3) is 0 Å². The molecular formula is C17H25N5O. The molecule has 6 nitrogen and oxygen atoms in total. The Hall–Kier alpha value is -1.79. The minimum absolute atomic E-state index is 0.199. The predicted octanol–water partition coefficient (Wildman–Crippen LogP) is 1.95. The van der Waals surface area contributed by atoms with Gasteiger partial charge in [0.05, 0.1) is 6.04 Å². The highest BCUT2D eigenvalue weighted by molar-refractivity contribution is 5.10. The normalized spacial score (nSPS) is 18.2. The van der Waals surface area contributed by atoms with E-state index in [4.69, 9.17) is 4.52 Å². The van der Waals surface area contributed by atoms with Crippen LogP contribution in [0.2, 0.25) is 0 Å². The highest BCUT2D eigenvalue weighted by atomic mass is 16.5.